The molecule has 4 aromatic carbocycles. The van der Waals surface area contributed by atoms with Gasteiger partial charge >= 0.3 is 0 Å². The highest BCUT2D eigenvalue weighted by Gasteiger charge is 2.32. The molecule has 7 rings (SSSR count). The molecule has 214 valence electrons. The van der Waals surface area contributed by atoms with E-state index in [-0.39, 0.29) is 11.6 Å². The molecule has 0 unspecified atom stereocenters. The van der Waals surface area contributed by atoms with Gasteiger partial charge in [-0.25, -0.2) is 4.99 Å². The lowest BCUT2D eigenvalue weighted by Gasteiger charge is -2.30. The third-order valence-corrected chi connectivity index (χ3v) is 10.00. The van der Waals surface area contributed by atoms with Gasteiger partial charge in [-0.15, -0.1) is 0 Å². The van der Waals surface area contributed by atoms with E-state index in [2.05, 4.69) is 68.3 Å². The Bertz CT molecular complexity index is 2060. The zero-order valence-corrected chi connectivity index (χ0v) is 27.2. The van der Waals surface area contributed by atoms with Gasteiger partial charge in [0, 0.05) is 10.0 Å². The van der Waals surface area contributed by atoms with Gasteiger partial charge in [0.2, 0.25) is 0 Å². The quantitative estimate of drug-likeness (QED) is 0.184. The fraction of sp³-hybridized carbons (Fsp3) is 0.143. The number of halogens is 2. The van der Waals surface area contributed by atoms with Crippen LogP contribution >= 0.6 is 43.2 Å². The van der Waals surface area contributed by atoms with Crippen molar-refractivity contribution in [3.05, 3.63) is 153 Å². The maximum absolute atomic E-state index is 14.1. The van der Waals surface area contributed by atoms with Crippen LogP contribution in [0.5, 0.6) is 11.5 Å². The molecule has 0 fully saturated rings. The predicted molar refractivity (Wildman–Crippen MR) is 178 cm³/mol. The van der Waals surface area contributed by atoms with Crippen molar-refractivity contribution in [3.63, 3.8) is 0 Å². The SMILES string of the molecule is COc1ccc([C@H]2C3=C(N=c4s/c(=C/c5ccc(OCc6ccc(Br)cc6)c(Br)c5)c(=O)n42)c2ccccc2CC3)cc1. The molecule has 0 spiro atoms. The third kappa shape index (κ3) is 5.44. The van der Waals surface area contributed by atoms with Crippen LogP contribution in [0.4, 0.5) is 0 Å². The standard InChI is InChI=1S/C35H26Br2N2O3S/c1-41-26-14-9-24(10-15-26)33-28-16-11-23-4-2-3-5-27(23)32(28)38-35-39(33)34(40)31(43-35)19-22-8-17-30(29(37)18-22)42-20-21-6-12-25(36)13-7-21/h2-10,12-15,17-19,33H,11,16,20H2,1H3/b31-19+/t33-/m0/s1. The molecule has 43 heavy (non-hydrogen) atoms. The lowest BCUT2D eigenvalue weighted by molar-refractivity contribution is 0.304. The summed E-state index contributed by atoms with van der Waals surface area (Å²) in [5, 5.41) is 0. The van der Waals surface area contributed by atoms with E-state index in [0.29, 0.717) is 15.9 Å². The number of nitrogens with zero attached hydrogens (tertiary/aromatic N) is 2. The van der Waals surface area contributed by atoms with Crippen molar-refractivity contribution in [2.75, 3.05) is 7.11 Å². The number of rotatable bonds is 6. The number of hydrogen-bond donors (Lipinski definition) is 0. The first kappa shape index (κ1) is 28.1. The lowest BCUT2D eigenvalue weighted by atomic mass is 9.83. The summed E-state index contributed by atoms with van der Waals surface area (Å²) >= 11 is 8.56. The number of allylic oxidation sites excluding steroid dienone is 1. The average molecular weight is 714 g/mol. The number of ether oxygens (including phenoxy) is 2. The number of benzene rings is 4. The predicted octanol–water partition coefficient (Wildman–Crippen LogP) is 7.43. The molecule has 2 heterocycles. The number of hydrogen-bond acceptors (Lipinski definition) is 5. The molecule has 1 aliphatic carbocycles. The fourth-order valence-electron chi connectivity index (χ4n) is 5.73. The van der Waals surface area contributed by atoms with Gasteiger partial charge in [-0.05, 0) is 99.1 Å². The Labute approximate surface area is 269 Å². The van der Waals surface area contributed by atoms with Gasteiger partial charge in [0.05, 0.1) is 27.9 Å². The number of fused-ring (bicyclic) bond motifs is 3. The maximum atomic E-state index is 14.1. The number of aryl methyl sites for hydroxylation is 1. The summed E-state index contributed by atoms with van der Waals surface area (Å²) in [5.74, 6) is 1.53. The van der Waals surface area contributed by atoms with Crippen LogP contribution in [0.2, 0.25) is 0 Å². The maximum Gasteiger partial charge on any atom is 0.271 e. The lowest BCUT2D eigenvalue weighted by Crippen LogP contribution is -2.38. The third-order valence-electron chi connectivity index (χ3n) is 7.87. The van der Waals surface area contributed by atoms with Crippen molar-refractivity contribution in [1.82, 2.24) is 4.57 Å². The minimum absolute atomic E-state index is 0.0401. The molecule has 0 saturated carbocycles. The summed E-state index contributed by atoms with van der Waals surface area (Å²) in [6, 6.07) is 30.2. The van der Waals surface area contributed by atoms with E-state index in [1.54, 1.807) is 7.11 Å². The van der Waals surface area contributed by atoms with E-state index in [4.69, 9.17) is 14.5 Å². The highest BCUT2D eigenvalue weighted by molar-refractivity contribution is 9.10. The molecule has 5 aromatic rings. The van der Waals surface area contributed by atoms with Crippen LogP contribution in [0.15, 0.2) is 115 Å². The highest BCUT2D eigenvalue weighted by atomic mass is 79.9. The minimum Gasteiger partial charge on any atom is -0.497 e. The summed E-state index contributed by atoms with van der Waals surface area (Å²) in [4.78, 5) is 19.9. The van der Waals surface area contributed by atoms with Gasteiger partial charge in [-0.1, -0.05) is 81.9 Å². The molecule has 1 aliphatic heterocycles. The van der Waals surface area contributed by atoms with Crippen molar-refractivity contribution < 1.29 is 9.47 Å². The van der Waals surface area contributed by atoms with Crippen molar-refractivity contribution in [3.8, 4) is 11.5 Å². The van der Waals surface area contributed by atoms with E-state index in [1.807, 2.05) is 65.2 Å². The first-order chi connectivity index (χ1) is 21.0. The summed E-state index contributed by atoms with van der Waals surface area (Å²) < 4.78 is 15.8. The zero-order chi connectivity index (χ0) is 29.5. The second-order valence-electron chi connectivity index (χ2n) is 10.5. The normalized spacial score (nSPS) is 15.8. The topological polar surface area (TPSA) is 52.8 Å². The van der Waals surface area contributed by atoms with Gasteiger partial charge in [0.15, 0.2) is 4.80 Å². The van der Waals surface area contributed by atoms with Crippen LogP contribution in [0, 0.1) is 0 Å². The number of methoxy groups -OCH3 is 1. The molecular weight excluding hydrogens is 688 g/mol. The van der Waals surface area contributed by atoms with Crippen molar-refractivity contribution >= 4 is 55.0 Å². The van der Waals surface area contributed by atoms with Crippen molar-refractivity contribution in [1.29, 1.82) is 0 Å². The van der Waals surface area contributed by atoms with Crippen LogP contribution in [0.3, 0.4) is 0 Å². The van der Waals surface area contributed by atoms with Crippen LogP contribution in [-0.4, -0.2) is 11.7 Å². The largest absolute Gasteiger partial charge is 0.497 e. The molecular formula is C35H26Br2N2O3S. The Morgan fingerprint density at radius 3 is 2.53 bits per heavy atom. The van der Waals surface area contributed by atoms with E-state index in [0.717, 1.165) is 61.2 Å². The second kappa shape index (κ2) is 11.8. The van der Waals surface area contributed by atoms with E-state index in [9.17, 15) is 4.79 Å². The van der Waals surface area contributed by atoms with Crippen LogP contribution in [-0.2, 0) is 13.0 Å². The van der Waals surface area contributed by atoms with E-state index in [1.165, 1.54) is 22.5 Å². The number of aromatic nitrogens is 1. The zero-order valence-electron chi connectivity index (χ0n) is 23.2. The fourth-order valence-corrected chi connectivity index (χ4v) is 7.50. The summed E-state index contributed by atoms with van der Waals surface area (Å²) in [7, 11) is 1.66. The monoisotopic (exact) mass is 712 g/mol. The molecule has 0 N–H and O–H groups in total. The van der Waals surface area contributed by atoms with Gasteiger partial charge in [0.25, 0.3) is 5.56 Å². The summed E-state index contributed by atoms with van der Waals surface area (Å²) in [6.45, 7) is 0.461. The average Bonchev–Trinajstić information content (AvgIpc) is 3.34. The first-order valence-electron chi connectivity index (χ1n) is 13.9. The van der Waals surface area contributed by atoms with Gasteiger partial charge < -0.3 is 9.47 Å². The Morgan fingerprint density at radius 2 is 1.77 bits per heavy atom. The Hall–Kier alpha value is -3.72. The first-order valence-corrected chi connectivity index (χ1v) is 16.3. The Kier molecular flexibility index (Phi) is 7.67. The molecule has 8 heteroatoms. The van der Waals surface area contributed by atoms with E-state index < -0.39 is 0 Å². The molecule has 5 nitrogen and oxygen atoms in total. The van der Waals surface area contributed by atoms with Gasteiger partial charge in [-0.3, -0.25) is 9.36 Å². The molecule has 0 saturated heterocycles. The van der Waals surface area contributed by atoms with Crippen LogP contribution < -0.4 is 24.4 Å². The smallest absolute Gasteiger partial charge is 0.271 e. The van der Waals surface area contributed by atoms with Gasteiger partial charge in [0.1, 0.15) is 18.1 Å². The summed E-state index contributed by atoms with van der Waals surface area (Å²) in [5.41, 5.74) is 7.61. The van der Waals surface area contributed by atoms with Crippen LogP contribution in [0.25, 0.3) is 11.8 Å². The molecule has 1 aromatic heterocycles. The summed E-state index contributed by atoms with van der Waals surface area (Å²) in [6.07, 6.45) is 3.71. The molecule has 2 aliphatic rings. The number of thiazole rings is 1. The molecule has 0 amide bonds. The molecule has 0 bridgehead atoms. The van der Waals surface area contributed by atoms with Crippen molar-refractivity contribution in [2.45, 2.75) is 25.5 Å². The second-order valence-corrected chi connectivity index (χ2v) is 13.3. The Morgan fingerprint density at radius 1 is 0.977 bits per heavy atom. The van der Waals surface area contributed by atoms with E-state index >= 15 is 0 Å². The molecule has 1 atom stereocenters. The molecule has 0 radical (unpaired) electrons. The van der Waals surface area contributed by atoms with Gasteiger partial charge in [-0.2, -0.15) is 0 Å². The minimum atomic E-state index is -0.228. The van der Waals surface area contributed by atoms with Crippen molar-refractivity contribution in [2.24, 2.45) is 4.99 Å². The van der Waals surface area contributed by atoms with Crippen LogP contribution in [0.1, 0.15) is 40.3 Å². The Balaban J connectivity index is 1.28. The highest BCUT2D eigenvalue weighted by Crippen LogP contribution is 2.41.